The number of amides is 1. The van der Waals surface area contributed by atoms with Gasteiger partial charge in [-0.2, -0.15) is 0 Å². The number of nitrogens with one attached hydrogen (secondary N) is 1. The van der Waals surface area contributed by atoms with Gasteiger partial charge < -0.3 is 14.6 Å². The molecule has 0 aliphatic carbocycles. The Morgan fingerprint density at radius 3 is 2.75 bits per heavy atom. The average Bonchev–Trinajstić information content (AvgIpc) is 2.82. The van der Waals surface area contributed by atoms with Gasteiger partial charge in [0, 0.05) is 18.9 Å². The maximum Gasteiger partial charge on any atom is 0.355 e. The predicted molar refractivity (Wildman–Crippen MR) is 70.7 cm³/mol. The van der Waals surface area contributed by atoms with Gasteiger partial charge in [0.25, 0.3) is 5.91 Å². The molecule has 5 nitrogen and oxygen atoms in total. The van der Waals surface area contributed by atoms with Gasteiger partial charge in [0.2, 0.25) is 0 Å². The SMILES string of the molecule is Cn1cccc1C(=O)OCC(=O)Nc1cccc(F)c1. The molecule has 0 bridgehead atoms. The van der Waals surface area contributed by atoms with Crippen molar-refractivity contribution in [2.75, 3.05) is 11.9 Å². The molecule has 0 unspecified atom stereocenters. The molecule has 1 aromatic carbocycles. The number of benzene rings is 1. The highest BCUT2D eigenvalue weighted by Crippen LogP contribution is 2.09. The van der Waals surface area contributed by atoms with Gasteiger partial charge >= 0.3 is 5.97 Å². The fraction of sp³-hybridized carbons (Fsp3) is 0.143. The average molecular weight is 276 g/mol. The number of halogens is 1. The number of nitrogens with zero attached hydrogens (tertiary/aromatic N) is 1. The summed E-state index contributed by atoms with van der Waals surface area (Å²) in [5.74, 6) is -1.58. The van der Waals surface area contributed by atoms with Gasteiger partial charge in [-0.3, -0.25) is 4.79 Å². The molecule has 20 heavy (non-hydrogen) atoms. The van der Waals surface area contributed by atoms with Crippen LogP contribution in [0.4, 0.5) is 10.1 Å². The number of hydrogen-bond donors (Lipinski definition) is 1. The van der Waals surface area contributed by atoms with Crippen LogP contribution in [0.2, 0.25) is 0 Å². The lowest BCUT2D eigenvalue weighted by Gasteiger charge is -2.07. The first-order chi connectivity index (χ1) is 9.56. The van der Waals surface area contributed by atoms with Crippen molar-refractivity contribution in [1.82, 2.24) is 4.57 Å². The van der Waals surface area contributed by atoms with Crippen molar-refractivity contribution in [2.24, 2.45) is 7.05 Å². The Labute approximate surface area is 115 Å². The Balaban J connectivity index is 1.87. The van der Waals surface area contributed by atoms with Gasteiger partial charge in [-0.05, 0) is 30.3 Å². The number of esters is 1. The number of ether oxygens (including phenoxy) is 1. The fourth-order valence-corrected chi connectivity index (χ4v) is 1.64. The number of rotatable bonds is 4. The largest absolute Gasteiger partial charge is 0.451 e. The molecule has 1 amide bonds. The van der Waals surface area contributed by atoms with Crippen molar-refractivity contribution in [1.29, 1.82) is 0 Å². The van der Waals surface area contributed by atoms with E-state index in [0.717, 1.165) is 0 Å². The summed E-state index contributed by atoms with van der Waals surface area (Å²) in [4.78, 5) is 23.2. The van der Waals surface area contributed by atoms with Crippen molar-refractivity contribution in [3.05, 3.63) is 54.1 Å². The highest BCUT2D eigenvalue weighted by atomic mass is 19.1. The number of hydrogen-bond acceptors (Lipinski definition) is 3. The fourth-order valence-electron chi connectivity index (χ4n) is 1.64. The Morgan fingerprint density at radius 2 is 2.10 bits per heavy atom. The zero-order chi connectivity index (χ0) is 14.5. The molecule has 0 radical (unpaired) electrons. The van der Waals surface area contributed by atoms with Gasteiger partial charge in [0.05, 0.1) is 0 Å². The van der Waals surface area contributed by atoms with Gasteiger partial charge in [0.1, 0.15) is 11.5 Å². The molecule has 0 fully saturated rings. The third-order valence-electron chi connectivity index (χ3n) is 2.60. The summed E-state index contributed by atoms with van der Waals surface area (Å²) < 4.78 is 19.4. The third-order valence-corrected chi connectivity index (χ3v) is 2.60. The molecule has 6 heteroatoms. The molecule has 2 aromatic rings. The second-order valence-corrected chi connectivity index (χ2v) is 4.14. The molecule has 1 aromatic heterocycles. The lowest BCUT2D eigenvalue weighted by molar-refractivity contribution is -0.119. The van der Waals surface area contributed by atoms with E-state index in [0.29, 0.717) is 11.4 Å². The van der Waals surface area contributed by atoms with E-state index >= 15 is 0 Å². The number of aromatic nitrogens is 1. The van der Waals surface area contributed by atoms with Crippen LogP contribution < -0.4 is 5.32 Å². The number of carbonyl (C=O) groups excluding carboxylic acids is 2. The molecule has 1 N–H and O–H groups in total. The van der Waals surface area contributed by atoms with Gasteiger partial charge in [-0.25, -0.2) is 9.18 Å². The normalized spacial score (nSPS) is 10.1. The predicted octanol–water partition coefficient (Wildman–Crippen LogP) is 1.96. The zero-order valence-electron chi connectivity index (χ0n) is 10.8. The molecule has 0 saturated carbocycles. The van der Waals surface area contributed by atoms with E-state index in [9.17, 15) is 14.0 Å². The second-order valence-electron chi connectivity index (χ2n) is 4.14. The van der Waals surface area contributed by atoms with Gasteiger partial charge in [-0.15, -0.1) is 0 Å². The lowest BCUT2D eigenvalue weighted by Crippen LogP contribution is -2.21. The molecule has 2 rings (SSSR count). The highest BCUT2D eigenvalue weighted by Gasteiger charge is 2.12. The quantitative estimate of drug-likeness (QED) is 0.868. The molecule has 0 aliphatic rings. The Morgan fingerprint density at radius 1 is 1.30 bits per heavy atom. The van der Waals surface area contributed by atoms with Crippen LogP contribution >= 0.6 is 0 Å². The maximum atomic E-state index is 12.9. The van der Waals surface area contributed by atoms with Gasteiger partial charge in [-0.1, -0.05) is 6.07 Å². The summed E-state index contributed by atoms with van der Waals surface area (Å²) in [6.07, 6.45) is 1.70. The summed E-state index contributed by atoms with van der Waals surface area (Å²) in [6, 6.07) is 8.75. The van der Waals surface area contributed by atoms with Crippen molar-refractivity contribution in [3.63, 3.8) is 0 Å². The van der Waals surface area contributed by atoms with E-state index in [1.807, 2.05) is 0 Å². The van der Waals surface area contributed by atoms with Gasteiger partial charge in [0.15, 0.2) is 6.61 Å². The maximum absolute atomic E-state index is 12.9. The van der Waals surface area contributed by atoms with Crippen LogP contribution in [0.15, 0.2) is 42.6 Å². The summed E-state index contributed by atoms with van der Waals surface area (Å²) >= 11 is 0. The minimum atomic E-state index is -0.591. The monoisotopic (exact) mass is 276 g/mol. The molecular weight excluding hydrogens is 263 g/mol. The highest BCUT2D eigenvalue weighted by molar-refractivity contribution is 5.94. The second kappa shape index (κ2) is 6.01. The summed E-state index contributed by atoms with van der Waals surface area (Å²) in [5.41, 5.74) is 0.661. The molecule has 0 spiro atoms. The standard InChI is InChI=1S/C14H13FN2O3/c1-17-7-3-6-12(17)14(19)20-9-13(18)16-11-5-2-4-10(15)8-11/h2-8H,9H2,1H3,(H,16,18). The first-order valence-electron chi connectivity index (χ1n) is 5.90. The topological polar surface area (TPSA) is 60.3 Å². The molecule has 0 aliphatic heterocycles. The zero-order valence-corrected chi connectivity index (χ0v) is 10.8. The molecule has 1 heterocycles. The summed E-state index contributed by atoms with van der Waals surface area (Å²) in [5, 5.41) is 2.44. The van der Waals surface area contributed by atoms with E-state index < -0.39 is 24.3 Å². The van der Waals surface area contributed by atoms with Crippen molar-refractivity contribution < 1.29 is 18.7 Å². The first-order valence-corrected chi connectivity index (χ1v) is 5.90. The summed E-state index contributed by atoms with van der Waals surface area (Å²) in [6.45, 7) is -0.430. The van der Waals surface area contributed by atoms with E-state index in [4.69, 9.17) is 4.74 Å². The van der Waals surface area contributed by atoms with Crippen LogP contribution in [0.5, 0.6) is 0 Å². The van der Waals surface area contributed by atoms with Crippen LogP contribution in [-0.2, 0) is 16.6 Å². The number of anilines is 1. The van der Waals surface area contributed by atoms with Crippen LogP contribution in [0.1, 0.15) is 10.5 Å². The molecule has 0 atom stereocenters. The third kappa shape index (κ3) is 3.44. The van der Waals surface area contributed by atoms with Crippen LogP contribution in [0.25, 0.3) is 0 Å². The minimum Gasteiger partial charge on any atom is -0.451 e. The van der Waals surface area contributed by atoms with E-state index in [1.165, 1.54) is 18.2 Å². The molecule has 0 saturated heterocycles. The van der Waals surface area contributed by atoms with E-state index in [-0.39, 0.29) is 0 Å². The smallest absolute Gasteiger partial charge is 0.355 e. The Hall–Kier alpha value is -2.63. The lowest BCUT2D eigenvalue weighted by atomic mass is 10.3. The Bertz CT molecular complexity index is 637. The van der Waals surface area contributed by atoms with Crippen molar-refractivity contribution >= 4 is 17.6 Å². The number of aryl methyl sites for hydroxylation is 1. The van der Waals surface area contributed by atoms with Crippen molar-refractivity contribution in [3.8, 4) is 0 Å². The van der Waals surface area contributed by atoms with Crippen LogP contribution in [-0.4, -0.2) is 23.1 Å². The molecule has 104 valence electrons. The first kappa shape index (κ1) is 13.8. The number of carbonyl (C=O) groups is 2. The molecular formula is C14H13FN2O3. The summed E-state index contributed by atoms with van der Waals surface area (Å²) in [7, 11) is 1.70. The van der Waals surface area contributed by atoms with E-state index in [1.54, 1.807) is 36.0 Å². The Kier molecular flexibility index (Phi) is 4.14. The van der Waals surface area contributed by atoms with Crippen LogP contribution in [0, 0.1) is 5.82 Å². The van der Waals surface area contributed by atoms with Crippen molar-refractivity contribution in [2.45, 2.75) is 0 Å². The minimum absolute atomic E-state index is 0.310. The van der Waals surface area contributed by atoms with Crippen LogP contribution in [0.3, 0.4) is 0 Å². The van der Waals surface area contributed by atoms with E-state index in [2.05, 4.69) is 5.32 Å².